The summed E-state index contributed by atoms with van der Waals surface area (Å²) in [6.07, 6.45) is 3.31. The van der Waals surface area contributed by atoms with Gasteiger partial charge < -0.3 is 14.2 Å². The fraction of sp³-hybridized carbons (Fsp3) is 0.167. The summed E-state index contributed by atoms with van der Waals surface area (Å²) in [6, 6.07) is 12.7. The van der Waals surface area contributed by atoms with Crippen LogP contribution in [0.1, 0.15) is 22.8 Å². The van der Waals surface area contributed by atoms with Crippen molar-refractivity contribution in [3.63, 3.8) is 0 Å². The van der Waals surface area contributed by atoms with Crippen molar-refractivity contribution in [3.8, 4) is 17.2 Å². The van der Waals surface area contributed by atoms with Crippen LogP contribution in [0.4, 0.5) is 0 Å². The van der Waals surface area contributed by atoms with E-state index in [1.165, 1.54) is 0 Å². The second-order valence-corrected chi connectivity index (χ2v) is 4.77. The first-order valence-corrected chi connectivity index (χ1v) is 7.11. The highest BCUT2D eigenvalue weighted by Crippen LogP contribution is 2.32. The first-order chi connectivity index (χ1) is 10.8. The number of fused-ring (bicyclic) bond motifs is 1. The number of allylic oxidation sites excluding steroid dienone is 1. The molecule has 112 valence electrons. The fourth-order valence-electron chi connectivity index (χ4n) is 2.17. The third-order valence-electron chi connectivity index (χ3n) is 3.27. The van der Waals surface area contributed by atoms with Crippen LogP contribution in [0.25, 0.3) is 6.08 Å². The third kappa shape index (κ3) is 3.11. The summed E-state index contributed by atoms with van der Waals surface area (Å²) in [7, 11) is 0. The van der Waals surface area contributed by atoms with E-state index in [4.69, 9.17) is 14.2 Å². The van der Waals surface area contributed by atoms with Crippen LogP contribution in [0.5, 0.6) is 17.2 Å². The Kier molecular flexibility index (Phi) is 4.10. The highest BCUT2D eigenvalue weighted by molar-refractivity contribution is 6.06. The summed E-state index contributed by atoms with van der Waals surface area (Å²) < 4.78 is 15.9. The molecule has 0 aromatic heterocycles. The molecule has 1 aliphatic rings. The van der Waals surface area contributed by atoms with E-state index in [1.54, 1.807) is 36.4 Å². The van der Waals surface area contributed by atoms with Gasteiger partial charge in [-0.3, -0.25) is 4.79 Å². The minimum absolute atomic E-state index is 0.0549. The van der Waals surface area contributed by atoms with E-state index in [-0.39, 0.29) is 12.6 Å². The van der Waals surface area contributed by atoms with Crippen LogP contribution >= 0.6 is 0 Å². The molecule has 4 nitrogen and oxygen atoms in total. The monoisotopic (exact) mass is 296 g/mol. The highest BCUT2D eigenvalue weighted by Gasteiger charge is 2.12. The van der Waals surface area contributed by atoms with Crippen molar-refractivity contribution in [1.82, 2.24) is 0 Å². The Bertz CT molecular complexity index is 702. The normalized spacial score (nSPS) is 12.6. The van der Waals surface area contributed by atoms with Gasteiger partial charge in [0.25, 0.3) is 0 Å². The Labute approximate surface area is 128 Å². The molecule has 0 fully saturated rings. The molecule has 0 radical (unpaired) electrons. The van der Waals surface area contributed by atoms with Gasteiger partial charge in [0.15, 0.2) is 17.3 Å². The fourth-order valence-corrected chi connectivity index (χ4v) is 2.17. The van der Waals surface area contributed by atoms with E-state index in [0.717, 1.165) is 17.1 Å². The molecular weight excluding hydrogens is 280 g/mol. The number of hydrogen-bond donors (Lipinski definition) is 0. The minimum atomic E-state index is -0.0549. The van der Waals surface area contributed by atoms with Crippen LogP contribution in [0.3, 0.4) is 0 Å². The standard InChI is InChI=1S/C18H16O4/c1-2-20-15-7-5-14(6-8-15)16(19)9-3-13-4-10-17-18(11-13)22-12-21-17/h3-11H,2,12H2,1H3. The number of rotatable bonds is 5. The molecule has 1 heterocycles. The van der Waals surface area contributed by atoms with Crippen LogP contribution in [0.2, 0.25) is 0 Å². The van der Waals surface area contributed by atoms with Crippen LogP contribution < -0.4 is 14.2 Å². The number of ketones is 1. The Hall–Kier alpha value is -2.75. The van der Waals surface area contributed by atoms with Crippen molar-refractivity contribution >= 4 is 11.9 Å². The van der Waals surface area contributed by atoms with Crippen molar-refractivity contribution in [3.05, 3.63) is 59.7 Å². The summed E-state index contributed by atoms with van der Waals surface area (Å²) in [5.74, 6) is 2.14. The molecule has 3 rings (SSSR count). The van der Waals surface area contributed by atoms with E-state index in [1.807, 2.05) is 25.1 Å². The molecule has 0 N–H and O–H groups in total. The molecule has 2 aromatic rings. The average molecular weight is 296 g/mol. The van der Waals surface area contributed by atoms with Gasteiger partial charge in [0.1, 0.15) is 5.75 Å². The van der Waals surface area contributed by atoms with Crippen LogP contribution in [0.15, 0.2) is 48.5 Å². The number of benzene rings is 2. The molecule has 0 aliphatic carbocycles. The van der Waals surface area contributed by atoms with E-state index in [0.29, 0.717) is 17.9 Å². The van der Waals surface area contributed by atoms with Crippen molar-refractivity contribution in [1.29, 1.82) is 0 Å². The molecule has 0 spiro atoms. The van der Waals surface area contributed by atoms with Gasteiger partial charge in [-0.05, 0) is 55.0 Å². The number of hydrogen-bond acceptors (Lipinski definition) is 4. The maximum absolute atomic E-state index is 12.1. The Morgan fingerprint density at radius 3 is 2.68 bits per heavy atom. The van der Waals surface area contributed by atoms with Crippen LogP contribution in [0, 0.1) is 0 Å². The van der Waals surface area contributed by atoms with Crippen molar-refractivity contribution in [2.75, 3.05) is 13.4 Å². The van der Waals surface area contributed by atoms with Crippen LogP contribution in [-0.4, -0.2) is 19.2 Å². The summed E-state index contributed by atoms with van der Waals surface area (Å²) in [5.41, 5.74) is 1.52. The molecule has 4 heteroatoms. The summed E-state index contributed by atoms with van der Waals surface area (Å²) in [5, 5.41) is 0. The lowest BCUT2D eigenvalue weighted by atomic mass is 10.1. The molecule has 0 saturated heterocycles. The number of carbonyl (C=O) groups is 1. The molecule has 1 aliphatic heterocycles. The van der Waals surface area contributed by atoms with Gasteiger partial charge in [-0.25, -0.2) is 0 Å². The first kappa shape index (κ1) is 14.2. The van der Waals surface area contributed by atoms with Gasteiger partial charge in [0, 0.05) is 5.56 Å². The zero-order valence-corrected chi connectivity index (χ0v) is 12.2. The van der Waals surface area contributed by atoms with E-state index in [2.05, 4.69) is 0 Å². The van der Waals surface area contributed by atoms with Crippen molar-refractivity contribution in [2.24, 2.45) is 0 Å². The third-order valence-corrected chi connectivity index (χ3v) is 3.27. The maximum atomic E-state index is 12.1. The van der Waals surface area contributed by atoms with Crippen molar-refractivity contribution < 1.29 is 19.0 Å². The summed E-state index contributed by atoms with van der Waals surface area (Å²) >= 11 is 0. The SMILES string of the molecule is CCOc1ccc(C(=O)C=Cc2ccc3c(c2)OCO3)cc1. The van der Waals surface area contributed by atoms with Gasteiger partial charge in [-0.15, -0.1) is 0 Å². The average Bonchev–Trinajstić information content (AvgIpc) is 3.01. The van der Waals surface area contributed by atoms with E-state index < -0.39 is 0 Å². The zero-order chi connectivity index (χ0) is 15.4. The molecular formula is C18H16O4. The molecule has 0 amide bonds. The second kappa shape index (κ2) is 6.35. The largest absolute Gasteiger partial charge is 0.494 e. The van der Waals surface area contributed by atoms with E-state index >= 15 is 0 Å². The van der Waals surface area contributed by atoms with Gasteiger partial charge >= 0.3 is 0 Å². The smallest absolute Gasteiger partial charge is 0.231 e. The topological polar surface area (TPSA) is 44.8 Å². The summed E-state index contributed by atoms with van der Waals surface area (Å²) in [6.45, 7) is 2.78. The Balaban J connectivity index is 1.70. The minimum Gasteiger partial charge on any atom is -0.494 e. The predicted octanol–water partition coefficient (Wildman–Crippen LogP) is 3.71. The lowest BCUT2D eigenvalue weighted by Gasteiger charge is -2.03. The van der Waals surface area contributed by atoms with Gasteiger partial charge in [0.05, 0.1) is 6.61 Å². The van der Waals surface area contributed by atoms with Gasteiger partial charge in [-0.1, -0.05) is 12.1 Å². The molecule has 2 aromatic carbocycles. The predicted molar refractivity (Wildman–Crippen MR) is 83.5 cm³/mol. The lowest BCUT2D eigenvalue weighted by Crippen LogP contribution is -1.95. The quantitative estimate of drug-likeness (QED) is 0.623. The maximum Gasteiger partial charge on any atom is 0.231 e. The zero-order valence-electron chi connectivity index (χ0n) is 12.2. The number of ether oxygens (including phenoxy) is 3. The van der Waals surface area contributed by atoms with Crippen molar-refractivity contribution in [2.45, 2.75) is 6.92 Å². The molecule has 0 saturated carbocycles. The highest BCUT2D eigenvalue weighted by atomic mass is 16.7. The van der Waals surface area contributed by atoms with Crippen LogP contribution in [-0.2, 0) is 0 Å². The molecule has 0 bridgehead atoms. The molecule has 0 unspecified atom stereocenters. The molecule has 0 atom stereocenters. The van der Waals surface area contributed by atoms with Gasteiger partial charge in [0.2, 0.25) is 6.79 Å². The molecule has 22 heavy (non-hydrogen) atoms. The summed E-state index contributed by atoms with van der Waals surface area (Å²) in [4.78, 5) is 12.1. The Morgan fingerprint density at radius 1 is 1.14 bits per heavy atom. The Morgan fingerprint density at radius 2 is 1.91 bits per heavy atom. The second-order valence-electron chi connectivity index (χ2n) is 4.77. The number of carbonyl (C=O) groups excluding carboxylic acids is 1. The first-order valence-electron chi connectivity index (χ1n) is 7.11. The lowest BCUT2D eigenvalue weighted by molar-refractivity contribution is 0.104. The van der Waals surface area contributed by atoms with E-state index in [9.17, 15) is 4.79 Å². The van der Waals surface area contributed by atoms with Gasteiger partial charge in [-0.2, -0.15) is 0 Å².